The monoisotopic (exact) mass is 405 g/mol. The van der Waals surface area contributed by atoms with E-state index >= 15 is 0 Å². The molecule has 0 radical (unpaired) electrons. The minimum atomic E-state index is -1.74. The predicted molar refractivity (Wildman–Crippen MR) is 113 cm³/mol. The number of hydrogen-bond donors (Lipinski definition) is 2. The molecule has 154 valence electrons. The van der Waals surface area contributed by atoms with E-state index in [1.165, 1.54) is 7.11 Å². The van der Waals surface area contributed by atoms with E-state index in [9.17, 15) is 9.90 Å². The van der Waals surface area contributed by atoms with Crippen molar-refractivity contribution in [3.05, 3.63) is 89.5 Å². The van der Waals surface area contributed by atoms with Gasteiger partial charge in [0.05, 0.1) is 18.4 Å². The minimum absolute atomic E-state index is 0.321. The van der Waals surface area contributed by atoms with Gasteiger partial charge in [-0.2, -0.15) is 0 Å². The van der Waals surface area contributed by atoms with Crippen LogP contribution in [-0.4, -0.2) is 31.3 Å². The van der Waals surface area contributed by atoms with Crippen molar-refractivity contribution in [3.8, 4) is 11.5 Å². The minimum Gasteiger partial charge on any atom is -0.497 e. The average molecular weight is 405 g/mol. The molecule has 0 saturated carbocycles. The highest BCUT2D eigenvalue weighted by Gasteiger charge is 2.51. The van der Waals surface area contributed by atoms with Crippen LogP contribution in [0.3, 0.4) is 0 Å². The largest absolute Gasteiger partial charge is 0.497 e. The summed E-state index contributed by atoms with van der Waals surface area (Å²) in [5.41, 5.74) is 0.689. The molecule has 6 nitrogen and oxygen atoms in total. The van der Waals surface area contributed by atoms with Gasteiger partial charge in [0.2, 0.25) is 0 Å². The molecule has 0 fully saturated rings. The van der Waals surface area contributed by atoms with Crippen molar-refractivity contribution in [1.82, 2.24) is 0 Å². The first-order valence-electron chi connectivity index (χ1n) is 9.58. The van der Waals surface area contributed by atoms with Gasteiger partial charge in [-0.05, 0) is 35.4 Å². The van der Waals surface area contributed by atoms with E-state index in [4.69, 9.17) is 14.2 Å². The average Bonchev–Trinajstić information content (AvgIpc) is 2.78. The number of nitrogens with one attached hydrogen (secondary N) is 1. The molecule has 1 aliphatic heterocycles. The molecule has 0 aromatic heterocycles. The molecule has 0 aliphatic carbocycles. The van der Waals surface area contributed by atoms with Crippen LogP contribution in [0, 0.1) is 0 Å². The van der Waals surface area contributed by atoms with Gasteiger partial charge >= 0.3 is 0 Å². The Morgan fingerprint density at radius 3 is 2.37 bits per heavy atom. The van der Waals surface area contributed by atoms with Crippen LogP contribution in [0.5, 0.6) is 11.5 Å². The second-order valence-electron chi connectivity index (χ2n) is 7.05. The Balaban J connectivity index is 1.82. The van der Waals surface area contributed by atoms with E-state index in [0.29, 0.717) is 34.9 Å². The molecule has 0 bridgehead atoms. The standard InChI is InChI=1S/C24H23NO5/c1-28-18-13-11-17(12-14-18)24(27)21-19(25-23(26)22(24)29-2)9-6-10-20(21)30-15-16-7-4-3-5-8-16/h3-14,22,27H,15H2,1-2H3,(H,25,26). The lowest BCUT2D eigenvalue weighted by atomic mass is 9.77. The third-order valence-electron chi connectivity index (χ3n) is 5.29. The topological polar surface area (TPSA) is 77.0 Å². The number of carbonyl (C=O) groups excluding carboxylic acids is 1. The molecule has 2 unspecified atom stereocenters. The molecule has 2 N–H and O–H groups in total. The molecule has 4 rings (SSSR count). The van der Waals surface area contributed by atoms with Crippen molar-refractivity contribution in [2.24, 2.45) is 0 Å². The number of aliphatic hydroxyl groups is 1. The Bertz CT molecular complexity index is 1040. The Morgan fingerprint density at radius 1 is 0.967 bits per heavy atom. The summed E-state index contributed by atoms with van der Waals surface area (Å²) in [6.45, 7) is 0.321. The molecule has 6 heteroatoms. The summed E-state index contributed by atoms with van der Waals surface area (Å²) >= 11 is 0. The predicted octanol–water partition coefficient (Wildman–Crippen LogP) is 3.48. The lowest BCUT2D eigenvalue weighted by molar-refractivity contribution is -0.142. The normalized spacial score (nSPS) is 20.2. The first-order chi connectivity index (χ1) is 14.6. The fourth-order valence-electron chi connectivity index (χ4n) is 3.82. The molecule has 3 aromatic carbocycles. The van der Waals surface area contributed by atoms with Gasteiger partial charge in [-0.3, -0.25) is 4.79 Å². The fourth-order valence-corrected chi connectivity index (χ4v) is 3.82. The number of amides is 1. The molecule has 1 aliphatic rings. The van der Waals surface area contributed by atoms with Crippen molar-refractivity contribution in [3.63, 3.8) is 0 Å². The Morgan fingerprint density at radius 2 is 1.70 bits per heavy atom. The van der Waals surface area contributed by atoms with Gasteiger partial charge in [-0.15, -0.1) is 0 Å². The van der Waals surface area contributed by atoms with Gasteiger partial charge < -0.3 is 24.6 Å². The third-order valence-corrected chi connectivity index (χ3v) is 5.29. The molecule has 1 amide bonds. The van der Waals surface area contributed by atoms with E-state index < -0.39 is 17.6 Å². The zero-order valence-electron chi connectivity index (χ0n) is 16.8. The maximum Gasteiger partial charge on any atom is 0.257 e. The molecule has 0 spiro atoms. The van der Waals surface area contributed by atoms with Crippen LogP contribution < -0.4 is 14.8 Å². The van der Waals surface area contributed by atoms with Crippen molar-refractivity contribution in [2.45, 2.75) is 18.3 Å². The van der Waals surface area contributed by atoms with Crippen LogP contribution in [-0.2, 0) is 21.7 Å². The number of rotatable bonds is 6. The van der Waals surface area contributed by atoms with Crippen molar-refractivity contribution in [1.29, 1.82) is 0 Å². The fraction of sp³-hybridized carbons (Fsp3) is 0.208. The zero-order chi connectivity index (χ0) is 21.1. The number of carbonyl (C=O) groups is 1. The second-order valence-corrected chi connectivity index (χ2v) is 7.05. The lowest BCUT2D eigenvalue weighted by Gasteiger charge is -2.40. The third kappa shape index (κ3) is 3.40. The van der Waals surface area contributed by atoms with Crippen LogP contribution in [0.1, 0.15) is 16.7 Å². The van der Waals surface area contributed by atoms with Gasteiger partial charge in [0.15, 0.2) is 11.7 Å². The maximum atomic E-state index is 12.7. The van der Waals surface area contributed by atoms with Gasteiger partial charge in [0.1, 0.15) is 18.1 Å². The smallest absolute Gasteiger partial charge is 0.257 e. The van der Waals surface area contributed by atoms with E-state index in [1.54, 1.807) is 49.6 Å². The quantitative estimate of drug-likeness (QED) is 0.657. The highest BCUT2D eigenvalue weighted by Crippen LogP contribution is 2.47. The first-order valence-corrected chi connectivity index (χ1v) is 9.58. The summed E-state index contributed by atoms with van der Waals surface area (Å²) in [5, 5.41) is 14.8. The summed E-state index contributed by atoms with van der Waals surface area (Å²) in [6.07, 6.45) is -1.15. The lowest BCUT2D eigenvalue weighted by Crippen LogP contribution is -2.52. The van der Waals surface area contributed by atoms with E-state index in [1.807, 2.05) is 30.3 Å². The molecule has 3 aromatic rings. The summed E-state index contributed by atoms with van der Waals surface area (Å²) < 4.78 is 16.8. The highest BCUT2D eigenvalue weighted by atomic mass is 16.5. The van der Waals surface area contributed by atoms with Crippen molar-refractivity contribution < 1.29 is 24.1 Å². The Hall–Kier alpha value is -3.35. The van der Waals surface area contributed by atoms with Crippen molar-refractivity contribution >= 4 is 11.6 Å². The van der Waals surface area contributed by atoms with Gasteiger partial charge in [-0.1, -0.05) is 48.5 Å². The van der Waals surface area contributed by atoms with E-state index in [-0.39, 0.29) is 0 Å². The number of hydrogen-bond acceptors (Lipinski definition) is 5. The number of fused-ring (bicyclic) bond motifs is 1. The van der Waals surface area contributed by atoms with Crippen LogP contribution in [0.4, 0.5) is 5.69 Å². The Kier molecular flexibility index (Phi) is 5.44. The van der Waals surface area contributed by atoms with Crippen LogP contribution in [0.2, 0.25) is 0 Å². The number of anilines is 1. The number of benzene rings is 3. The molecule has 0 saturated heterocycles. The summed E-state index contributed by atoms with van der Waals surface area (Å²) in [5.74, 6) is 0.686. The van der Waals surface area contributed by atoms with Crippen molar-refractivity contribution in [2.75, 3.05) is 19.5 Å². The highest BCUT2D eigenvalue weighted by molar-refractivity contribution is 6.00. The summed E-state index contributed by atoms with van der Waals surface area (Å²) in [6, 6.07) is 22.0. The first kappa shape index (κ1) is 19.9. The van der Waals surface area contributed by atoms with Crippen LogP contribution in [0.25, 0.3) is 0 Å². The molecular weight excluding hydrogens is 382 g/mol. The SMILES string of the molecule is COc1ccc(C2(O)c3c(cccc3OCc3ccccc3)NC(=O)C2OC)cc1. The zero-order valence-corrected chi connectivity index (χ0v) is 16.8. The summed E-state index contributed by atoms with van der Waals surface area (Å²) in [7, 11) is 2.97. The maximum absolute atomic E-state index is 12.7. The number of methoxy groups -OCH3 is 2. The molecular formula is C24H23NO5. The second kappa shape index (κ2) is 8.18. The molecule has 2 atom stereocenters. The van der Waals surface area contributed by atoms with Crippen LogP contribution >= 0.6 is 0 Å². The summed E-state index contributed by atoms with van der Waals surface area (Å²) in [4.78, 5) is 12.7. The Labute approximate surface area is 175 Å². The van der Waals surface area contributed by atoms with E-state index in [0.717, 1.165) is 5.56 Å². The van der Waals surface area contributed by atoms with Gasteiger partial charge in [-0.25, -0.2) is 0 Å². The van der Waals surface area contributed by atoms with Crippen LogP contribution in [0.15, 0.2) is 72.8 Å². The molecule has 1 heterocycles. The van der Waals surface area contributed by atoms with Gasteiger partial charge in [0.25, 0.3) is 5.91 Å². The van der Waals surface area contributed by atoms with E-state index in [2.05, 4.69) is 5.32 Å². The van der Waals surface area contributed by atoms with Gasteiger partial charge in [0, 0.05) is 7.11 Å². The molecule has 30 heavy (non-hydrogen) atoms. The number of ether oxygens (including phenoxy) is 3.